The number of rotatable bonds is 26. The summed E-state index contributed by atoms with van der Waals surface area (Å²) in [5.41, 5.74) is 0. The molecule has 0 aromatic rings. The molecular weight excluding hydrogens is 555 g/mol. The molecule has 1 atom stereocenters. The summed E-state index contributed by atoms with van der Waals surface area (Å²) in [6.45, 7) is 7.73. The monoisotopic (exact) mass is 606 g/mol. The van der Waals surface area contributed by atoms with Gasteiger partial charge >= 0.3 is 11.9 Å². The molecule has 0 saturated carbocycles. The summed E-state index contributed by atoms with van der Waals surface area (Å²) in [7, 11) is 0. The quantitative estimate of drug-likeness (QED) is 0.0417. The minimum Gasteiger partial charge on any atom is -0.462 e. The maximum atomic E-state index is 12.5. The third kappa shape index (κ3) is 20.6. The molecule has 220 valence electrons. The lowest BCUT2D eigenvalue weighted by atomic mass is 10.1. The molecule has 1 unspecified atom stereocenters. The number of unbranched alkanes of at least 4 members (excludes halogenated alkanes) is 14. The molecule has 1 saturated heterocycles. The van der Waals surface area contributed by atoms with Gasteiger partial charge in [-0.25, -0.2) is 0 Å². The van der Waals surface area contributed by atoms with Gasteiger partial charge in [-0.05, 0) is 50.3 Å². The fraction of sp³-hybridized carbons (Fsp3) is 0.793. The number of esters is 2. The van der Waals surface area contributed by atoms with Crippen molar-refractivity contribution in [2.75, 3.05) is 24.7 Å². The highest BCUT2D eigenvalue weighted by Crippen LogP contribution is 2.74. The highest BCUT2D eigenvalue weighted by molar-refractivity contribution is 9.00. The Morgan fingerprint density at radius 2 is 1.16 bits per heavy atom. The lowest BCUT2D eigenvalue weighted by molar-refractivity contribution is -0.160. The molecule has 0 aliphatic carbocycles. The Balaban J connectivity index is 2.26. The van der Waals surface area contributed by atoms with Gasteiger partial charge in [0.05, 0.1) is 6.61 Å². The molecule has 0 bridgehead atoms. The zero-order valence-electron chi connectivity index (χ0n) is 23.4. The maximum absolute atomic E-state index is 12.5. The molecule has 1 heterocycles. The van der Waals surface area contributed by atoms with E-state index in [1.165, 1.54) is 51.4 Å². The van der Waals surface area contributed by atoms with E-state index in [1.807, 2.05) is 12.2 Å². The normalized spacial score (nSPS) is 15.2. The first kappa shape index (κ1) is 35.8. The van der Waals surface area contributed by atoms with Crippen molar-refractivity contribution in [2.45, 2.75) is 122 Å². The Kier molecular flexibility index (Phi) is 23.1. The van der Waals surface area contributed by atoms with Crippen LogP contribution in [0.15, 0.2) is 25.3 Å². The summed E-state index contributed by atoms with van der Waals surface area (Å²) in [5.74, 6) is 1.49. The Morgan fingerprint density at radius 3 is 1.66 bits per heavy atom. The van der Waals surface area contributed by atoms with Gasteiger partial charge in [0.15, 0.2) is 10.8 Å². The predicted molar refractivity (Wildman–Crippen MR) is 169 cm³/mol. The van der Waals surface area contributed by atoms with Gasteiger partial charge in [0.1, 0.15) is 6.61 Å². The summed E-state index contributed by atoms with van der Waals surface area (Å²) >= 11 is 9.04. The number of carbonyl (C=O) groups is 2. The van der Waals surface area contributed by atoms with Crippen molar-refractivity contribution < 1.29 is 23.6 Å². The summed E-state index contributed by atoms with van der Waals surface area (Å²) in [6, 6.07) is 0. The van der Waals surface area contributed by atoms with E-state index < -0.39 is 10.8 Å². The molecule has 1 aliphatic rings. The predicted octanol–water partition coefficient (Wildman–Crippen LogP) is 9.56. The molecule has 0 aromatic carbocycles. The van der Waals surface area contributed by atoms with Crippen LogP contribution in [0.3, 0.4) is 0 Å². The van der Waals surface area contributed by atoms with E-state index in [0.29, 0.717) is 12.8 Å². The minimum atomic E-state index is -1.97. The highest BCUT2D eigenvalue weighted by atomic mass is 33.2. The Labute approximate surface area is 245 Å². The van der Waals surface area contributed by atoms with Crippen LogP contribution in [0.1, 0.15) is 116 Å². The standard InChI is InChI=1S/C29H51O5PS3/c1-3-5-7-9-11-13-15-17-19-21-28(30)32-25-27(26-33-35(36)37-23-24-38-35)34-29(31)22-20-18-16-14-12-10-8-6-4-2/h3-4,27H,1-2,5-26H2. The number of hydrogen-bond donors (Lipinski definition) is 0. The van der Waals surface area contributed by atoms with Gasteiger partial charge in [-0.1, -0.05) is 99.1 Å². The van der Waals surface area contributed by atoms with Crippen LogP contribution < -0.4 is 0 Å². The van der Waals surface area contributed by atoms with Crippen molar-refractivity contribution in [3.05, 3.63) is 25.3 Å². The SMILES string of the molecule is C=CCCCCCCCCCC(=O)OCC(COP1(=S)SCCS1)OC(=O)CCCCCCCCCC=C. The zero-order valence-corrected chi connectivity index (χ0v) is 26.8. The maximum Gasteiger partial charge on any atom is 0.306 e. The van der Waals surface area contributed by atoms with Crippen LogP contribution in [0.4, 0.5) is 0 Å². The van der Waals surface area contributed by atoms with Gasteiger partial charge in [0.25, 0.3) is 0 Å². The van der Waals surface area contributed by atoms with E-state index >= 15 is 0 Å². The van der Waals surface area contributed by atoms with Crippen molar-refractivity contribution >= 4 is 51.2 Å². The molecule has 0 aromatic heterocycles. The minimum absolute atomic E-state index is 0.0310. The first-order valence-electron chi connectivity index (χ1n) is 14.6. The average Bonchev–Trinajstić information content (AvgIpc) is 3.34. The lowest BCUT2D eigenvalue weighted by Crippen LogP contribution is -2.29. The molecule has 5 nitrogen and oxygen atoms in total. The third-order valence-electron chi connectivity index (χ3n) is 6.31. The van der Waals surface area contributed by atoms with Gasteiger partial charge < -0.3 is 14.0 Å². The summed E-state index contributed by atoms with van der Waals surface area (Å²) < 4.78 is 15.2. The van der Waals surface area contributed by atoms with Crippen molar-refractivity contribution in [1.82, 2.24) is 0 Å². The van der Waals surface area contributed by atoms with Crippen LogP contribution >= 0.6 is 27.4 Å². The second kappa shape index (κ2) is 24.5. The van der Waals surface area contributed by atoms with E-state index in [9.17, 15) is 9.59 Å². The summed E-state index contributed by atoms with van der Waals surface area (Å²) in [4.78, 5) is 24.8. The topological polar surface area (TPSA) is 61.8 Å². The van der Waals surface area contributed by atoms with Gasteiger partial charge in [-0.2, -0.15) is 0 Å². The largest absolute Gasteiger partial charge is 0.462 e. The summed E-state index contributed by atoms with van der Waals surface area (Å²) in [6.07, 6.45) is 22.1. The molecule has 1 fully saturated rings. The molecule has 0 radical (unpaired) electrons. The second-order valence-corrected chi connectivity index (χ2v) is 20.6. The van der Waals surface area contributed by atoms with Crippen molar-refractivity contribution in [3.8, 4) is 0 Å². The van der Waals surface area contributed by atoms with E-state index in [0.717, 1.165) is 62.9 Å². The van der Waals surface area contributed by atoms with E-state index in [2.05, 4.69) is 13.2 Å². The number of allylic oxidation sites excluding steroid dienone is 2. The van der Waals surface area contributed by atoms with E-state index in [4.69, 9.17) is 25.8 Å². The van der Waals surface area contributed by atoms with Crippen molar-refractivity contribution in [3.63, 3.8) is 0 Å². The molecular formula is C29H51O5PS3. The third-order valence-corrected chi connectivity index (χ3v) is 16.2. The Hall–Kier alpha value is -0.270. The Morgan fingerprint density at radius 1 is 0.711 bits per heavy atom. The van der Waals surface area contributed by atoms with Crippen LogP contribution in [-0.4, -0.2) is 42.8 Å². The highest BCUT2D eigenvalue weighted by Gasteiger charge is 2.28. The van der Waals surface area contributed by atoms with Gasteiger partial charge in [0, 0.05) is 24.3 Å². The fourth-order valence-electron chi connectivity index (χ4n) is 4.09. The number of carbonyl (C=O) groups excluding carboxylic acids is 2. The van der Waals surface area contributed by atoms with Crippen molar-refractivity contribution in [1.29, 1.82) is 0 Å². The molecule has 0 amide bonds. The number of ether oxygens (including phenoxy) is 2. The average molecular weight is 607 g/mol. The first-order chi connectivity index (χ1) is 18.5. The second-order valence-electron chi connectivity index (χ2n) is 9.81. The molecule has 1 aliphatic heterocycles. The van der Waals surface area contributed by atoms with Crippen LogP contribution in [0.2, 0.25) is 0 Å². The smallest absolute Gasteiger partial charge is 0.306 e. The van der Waals surface area contributed by atoms with Crippen LogP contribution in [-0.2, 0) is 35.4 Å². The van der Waals surface area contributed by atoms with Gasteiger partial charge in [0.2, 0.25) is 0 Å². The van der Waals surface area contributed by atoms with Crippen molar-refractivity contribution in [2.24, 2.45) is 0 Å². The van der Waals surface area contributed by atoms with Crippen LogP contribution in [0.25, 0.3) is 0 Å². The van der Waals surface area contributed by atoms with Gasteiger partial charge in [-0.3, -0.25) is 9.59 Å². The van der Waals surface area contributed by atoms with E-state index in [1.54, 1.807) is 22.8 Å². The van der Waals surface area contributed by atoms with Gasteiger partial charge in [-0.15, -0.1) is 13.2 Å². The van der Waals surface area contributed by atoms with Crippen LogP contribution in [0, 0.1) is 0 Å². The first-order valence-corrected chi connectivity index (χ1v) is 20.5. The Bertz CT molecular complexity index is 694. The molecule has 38 heavy (non-hydrogen) atoms. The summed E-state index contributed by atoms with van der Waals surface area (Å²) in [5, 5.41) is 0. The molecule has 1 rings (SSSR count). The number of hydrogen-bond acceptors (Lipinski definition) is 8. The molecule has 0 N–H and O–H groups in total. The molecule has 9 heteroatoms. The fourth-order valence-corrected chi connectivity index (χ4v) is 13.0. The zero-order chi connectivity index (χ0) is 27.7. The van der Waals surface area contributed by atoms with Crippen LogP contribution in [0.5, 0.6) is 0 Å². The lowest BCUT2D eigenvalue weighted by Gasteiger charge is -2.21. The van der Waals surface area contributed by atoms with E-state index in [-0.39, 0.29) is 25.2 Å². The molecule has 0 spiro atoms.